The van der Waals surface area contributed by atoms with Crippen molar-refractivity contribution in [2.75, 3.05) is 18.8 Å². The van der Waals surface area contributed by atoms with Crippen LogP contribution in [0.15, 0.2) is 0 Å². The van der Waals surface area contributed by atoms with E-state index in [0.29, 0.717) is 23.8 Å². The smallest absolute Gasteiger partial charge is 0.214 e. The summed E-state index contributed by atoms with van der Waals surface area (Å²) in [4.78, 5) is 0. The Morgan fingerprint density at radius 1 is 0.952 bits per heavy atom. The van der Waals surface area contributed by atoms with Crippen LogP contribution in [0.4, 0.5) is 0 Å². The summed E-state index contributed by atoms with van der Waals surface area (Å²) in [6.45, 7) is 1.82. The van der Waals surface area contributed by atoms with Gasteiger partial charge in [0.15, 0.2) is 0 Å². The van der Waals surface area contributed by atoms with Gasteiger partial charge in [0, 0.05) is 18.6 Å². The van der Waals surface area contributed by atoms with Crippen molar-refractivity contribution < 1.29 is 8.42 Å². The Labute approximate surface area is 129 Å². The highest BCUT2D eigenvalue weighted by molar-refractivity contribution is 7.89. The molecule has 1 N–H and O–H groups in total. The van der Waals surface area contributed by atoms with Crippen molar-refractivity contribution in [3.8, 4) is 0 Å². The number of rotatable bonds is 4. The molecule has 3 rings (SSSR count). The van der Waals surface area contributed by atoms with Crippen LogP contribution in [0.25, 0.3) is 0 Å². The van der Waals surface area contributed by atoms with E-state index in [1.165, 1.54) is 38.5 Å². The Morgan fingerprint density at radius 3 is 2.52 bits per heavy atom. The van der Waals surface area contributed by atoms with Crippen molar-refractivity contribution in [3.05, 3.63) is 0 Å². The van der Waals surface area contributed by atoms with Gasteiger partial charge in [0.1, 0.15) is 0 Å². The first kappa shape index (κ1) is 15.8. The zero-order valence-corrected chi connectivity index (χ0v) is 13.9. The number of nitrogens with zero attached hydrogens (tertiary/aromatic N) is 1. The summed E-state index contributed by atoms with van der Waals surface area (Å²) in [5, 5.41) is 3.47. The fourth-order valence-corrected chi connectivity index (χ4v) is 6.42. The van der Waals surface area contributed by atoms with Crippen molar-refractivity contribution >= 4 is 10.0 Å². The zero-order chi connectivity index (χ0) is 14.7. The van der Waals surface area contributed by atoms with Gasteiger partial charge in [-0.15, -0.1) is 0 Å². The highest BCUT2D eigenvalue weighted by atomic mass is 32.2. The van der Waals surface area contributed by atoms with Gasteiger partial charge in [0.25, 0.3) is 0 Å². The third-order valence-electron chi connectivity index (χ3n) is 5.69. The Balaban J connectivity index is 1.60. The molecule has 3 fully saturated rings. The molecule has 5 heteroatoms. The SMILES string of the molecule is O=S(=O)(CCC1CCCCN1)N1CCCC2CCCCC21. The molecule has 0 aromatic rings. The number of hydrogen-bond donors (Lipinski definition) is 1. The third-order valence-corrected chi connectivity index (χ3v) is 7.61. The van der Waals surface area contributed by atoms with E-state index in [1.807, 2.05) is 4.31 Å². The average molecular weight is 314 g/mol. The fraction of sp³-hybridized carbons (Fsp3) is 1.00. The molecule has 3 unspecified atom stereocenters. The maximum Gasteiger partial charge on any atom is 0.214 e. The van der Waals surface area contributed by atoms with E-state index in [0.717, 1.165) is 38.8 Å². The summed E-state index contributed by atoms with van der Waals surface area (Å²) in [5.41, 5.74) is 0. The molecule has 4 nitrogen and oxygen atoms in total. The van der Waals surface area contributed by atoms with Gasteiger partial charge in [-0.3, -0.25) is 0 Å². The lowest BCUT2D eigenvalue weighted by molar-refractivity contribution is 0.129. The number of fused-ring (bicyclic) bond motifs is 1. The maximum atomic E-state index is 12.8. The molecule has 2 heterocycles. The van der Waals surface area contributed by atoms with Crippen molar-refractivity contribution in [2.45, 2.75) is 76.3 Å². The van der Waals surface area contributed by atoms with Crippen LogP contribution in [0, 0.1) is 5.92 Å². The first-order chi connectivity index (χ1) is 10.2. The van der Waals surface area contributed by atoms with E-state index in [1.54, 1.807) is 0 Å². The van der Waals surface area contributed by atoms with Crippen molar-refractivity contribution in [3.63, 3.8) is 0 Å². The van der Waals surface area contributed by atoms with Crippen LogP contribution < -0.4 is 5.32 Å². The molecule has 1 aliphatic carbocycles. The molecule has 0 aromatic heterocycles. The lowest BCUT2D eigenvalue weighted by atomic mass is 9.79. The van der Waals surface area contributed by atoms with E-state index in [9.17, 15) is 8.42 Å². The molecule has 0 amide bonds. The normalized spacial score (nSPS) is 35.3. The molecule has 2 aliphatic heterocycles. The number of hydrogen-bond acceptors (Lipinski definition) is 3. The predicted molar refractivity (Wildman–Crippen MR) is 85.7 cm³/mol. The number of sulfonamides is 1. The molecule has 0 spiro atoms. The molecule has 3 atom stereocenters. The monoisotopic (exact) mass is 314 g/mol. The minimum absolute atomic E-state index is 0.316. The highest BCUT2D eigenvalue weighted by Gasteiger charge is 2.39. The second kappa shape index (κ2) is 6.97. The first-order valence-electron chi connectivity index (χ1n) is 8.90. The third kappa shape index (κ3) is 3.80. The quantitative estimate of drug-likeness (QED) is 0.867. The van der Waals surface area contributed by atoms with Crippen molar-refractivity contribution in [1.29, 1.82) is 0 Å². The van der Waals surface area contributed by atoms with E-state index in [2.05, 4.69) is 5.32 Å². The Kier molecular flexibility index (Phi) is 5.23. The molecule has 0 aromatic carbocycles. The van der Waals surface area contributed by atoms with E-state index < -0.39 is 10.0 Å². The summed E-state index contributed by atoms with van der Waals surface area (Å²) >= 11 is 0. The summed E-state index contributed by atoms with van der Waals surface area (Å²) in [7, 11) is -3.06. The average Bonchev–Trinajstić information content (AvgIpc) is 2.53. The van der Waals surface area contributed by atoms with Crippen LogP contribution >= 0.6 is 0 Å². The van der Waals surface area contributed by atoms with Gasteiger partial charge in [-0.1, -0.05) is 19.3 Å². The minimum Gasteiger partial charge on any atom is -0.314 e. The summed E-state index contributed by atoms with van der Waals surface area (Å²) in [5.74, 6) is 0.975. The van der Waals surface area contributed by atoms with Gasteiger partial charge in [0.05, 0.1) is 5.75 Å². The van der Waals surface area contributed by atoms with E-state index in [4.69, 9.17) is 0 Å². The summed E-state index contributed by atoms with van der Waals surface area (Å²) in [6.07, 6.45) is 11.5. The molecular weight excluding hydrogens is 284 g/mol. The van der Waals surface area contributed by atoms with Crippen molar-refractivity contribution in [2.24, 2.45) is 5.92 Å². The van der Waals surface area contributed by atoms with Gasteiger partial charge in [0.2, 0.25) is 10.0 Å². The standard InChI is InChI=1S/C16H30N2O2S/c19-21(20,13-10-15-8-3-4-11-17-15)18-12-5-7-14-6-1-2-9-16(14)18/h14-17H,1-13H2. The molecule has 122 valence electrons. The predicted octanol–water partition coefficient (Wildman–Crippen LogP) is 2.50. The van der Waals surface area contributed by atoms with Crippen LogP contribution in [-0.2, 0) is 10.0 Å². The lowest BCUT2D eigenvalue weighted by Gasteiger charge is -2.43. The van der Waals surface area contributed by atoms with Crippen molar-refractivity contribution in [1.82, 2.24) is 9.62 Å². The highest BCUT2D eigenvalue weighted by Crippen LogP contribution is 2.36. The van der Waals surface area contributed by atoms with Gasteiger partial charge < -0.3 is 5.32 Å². The zero-order valence-electron chi connectivity index (χ0n) is 13.1. The Morgan fingerprint density at radius 2 is 1.71 bits per heavy atom. The molecule has 21 heavy (non-hydrogen) atoms. The molecule has 0 bridgehead atoms. The van der Waals surface area contributed by atoms with Gasteiger partial charge >= 0.3 is 0 Å². The van der Waals surface area contributed by atoms with Crippen LogP contribution in [-0.4, -0.2) is 43.6 Å². The second-order valence-electron chi connectivity index (χ2n) is 7.12. The second-order valence-corrected chi connectivity index (χ2v) is 9.16. The van der Waals surface area contributed by atoms with Gasteiger partial charge in [-0.25, -0.2) is 8.42 Å². The molecule has 1 saturated carbocycles. The maximum absolute atomic E-state index is 12.8. The number of nitrogens with one attached hydrogen (secondary N) is 1. The molecule has 0 radical (unpaired) electrons. The number of piperidine rings is 2. The van der Waals surface area contributed by atoms with Crippen LogP contribution in [0.3, 0.4) is 0 Å². The van der Waals surface area contributed by atoms with E-state index >= 15 is 0 Å². The Bertz CT molecular complexity index is 430. The topological polar surface area (TPSA) is 49.4 Å². The summed E-state index contributed by atoms with van der Waals surface area (Å²) in [6, 6.07) is 0.734. The summed E-state index contributed by atoms with van der Waals surface area (Å²) < 4.78 is 27.5. The molecular formula is C16H30N2O2S. The minimum atomic E-state index is -3.06. The fourth-order valence-electron chi connectivity index (χ4n) is 4.50. The molecule has 2 saturated heterocycles. The lowest BCUT2D eigenvalue weighted by Crippen LogP contribution is -2.50. The van der Waals surface area contributed by atoms with Gasteiger partial charge in [-0.2, -0.15) is 4.31 Å². The molecule has 3 aliphatic rings. The van der Waals surface area contributed by atoms with Gasteiger partial charge in [-0.05, 0) is 57.4 Å². The van der Waals surface area contributed by atoms with Crippen LogP contribution in [0.1, 0.15) is 64.2 Å². The van der Waals surface area contributed by atoms with E-state index in [-0.39, 0.29) is 0 Å². The Hall–Kier alpha value is -0.130. The van der Waals surface area contributed by atoms with Crippen LogP contribution in [0.2, 0.25) is 0 Å². The first-order valence-corrected chi connectivity index (χ1v) is 10.5. The largest absolute Gasteiger partial charge is 0.314 e. The van der Waals surface area contributed by atoms with Crippen LogP contribution in [0.5, 0.6) is 0 Å².